The van der Waals surface area contributed by atoms with E-state index >= 15 is 0 Å². The lowest BCUT2D eigenvalue weighted by molar-refractivity contribution is -0.116. The fourth-order valence-corrected chi connectivity index (χ4v) is 4.40. The summed E-state index contributed by atoms with van der Waals surface area (Å²) in [5.74, 6) is -0.253. The van der Waals surface area contributed by atoms with E-state index < -0.39 is 0 Å². The molecule has 4 nitrogen and oxygen atoms in total. The summed E-state index contributed by atoms with van der Waals surface area (Å²) in [6.45, 7) is 0.0519. The van der Waals surface area contributed by atoms with Crippen LogP contribution in [0.4, 0.5) is 5.69 Å². The van der Waals surface area contributed by atoms with Crippen LogP contribution in [0.3, 0.4) is 0 Å². The Balaban J connectivity index is 1.62. The van der Waals surface area contributed by atoms with Crippen LogP contribution >= 0.6 is 11.3 Å². The zero-order valence-electron chi connectivity index (χ0n) is 14.6. The quantitative estimate of drug-likeness (QED) is 0.896. The lowest BCUT2D eigenvalue weighted by Crippen LogP contribution is -2.34. The van der Waals surface area contributed by atoms with Crippen LogP contribution in [0, 0.1) is 0 Å². The van der Waals surface area contributed by atoms with Gasteiger partial charge in [-0.2, -0.15) is 0 Å². The average molecular weight is 356 g/mol. The Labute approximate surface area is 152 Å². The molecule has 0 bridgehead atoms. The standard InChI is InChI=1S/C20H24N2O2S/c1-22(14-19(23)21-16-10-6-4-7-11-16)20(24)18-13-15-9-5-2-3-8-12-17(15)25-18/h4,6-7,10-11,13H,2-3,5,8-9,12,14H2,1H3,(H,21,23). The van der Waals surface area contributed by atoms with Crippen LogP contribution in [-0.2, 0) is 17.6 Å². The third kappa shape index (κ3) is 4.69. The van der Waals surface area contributed by atoms with Gasteiger partial charge >= 0.3 is 0 Å². The van der Waals surface area contributed by atoms with E-state index in [1.54, 1.807) is 18.4 Å². The smallest absolute Gasteiger partial charge is 0.264 e. The molecule has 2 aromatic rings. The van der Waals surface area contributed by atoms with Gasteiger partial charge in [-0.1, -0.05) is 31.0 Å². The first-order valence-electron chi connectivity index (χ1n) is 8.85. The van der Waals surface area contributed by atoms with Gasteiger partial charge in [-0.3, -0.25) is 9.59 Å². The van der Waals surface area contributed by atoms with Crippen molar-refractivity contribution in [1.82, 2.24) is 4.90 Å². The Hall–Kier alpha value is -2.14. The van der Waals surface area contributed by atoms with E-state index in [-0.39, 0.29) is 18.4 Å². The first-order valence-corrected chi connectivity index (χ1v) is 9.67. The lowest BCUT2D eigenvalue weighted by atomic mass is 10.00. The number of likely N-dealkylation sites (N-methyl/N-ethyl adjacent to an activating group) is 1. The van der Waals surface area contributed by atoms with Gasteiger partial charge in [0.15, 0.2) is 0 Å². The summed E-state index contributed by atoms with van der Waals surface area (Å²) in [5.41, 5.74) is 2.07. The van der Waals surface area contributed by atoms with E-state index in [1.165, 1.54) is 41.0 Å². The number of fused-ring (bicyclic) bond motifs is 1. The highest BCUT2D eigenvalue weighted by molar-refractivity contribution is 7.14. The van der Waals surface area contributed by atoms with Crippen molar-refractivity contribution in [3.63, 3.8) is 0 Å². The molecule has 0 aliphatic heterocycles. The summed E-state index contributed by atoms with van der Waals surface area (Å²) >= 11 is 1.60. The van der Waals surface area contributed by atoms with Crippen LogP contribution < -0.4 is 5.32 Å². The van der Waals surface area contributed by atoms with Gasteiger partial charge in [-0.15, -0.1) is 11.3 Å². The fraction of sp³-hybridized carbons (Fsp3) is 0.400. The molecule has 5 heteroatoms. The van der Waals surface area contributed by atoms with E-state index in [2.05, 4.69) is 5.32 Å². The lowest BCUT2D eigenvalue weighted by Gasteiger charge is -2.15. The monoisotopic (exact) mass is 356 g/mol. The maximum Gasteiger partial charge on any atom is 0.264 e. The summed E-state index contributed by atoms with van der Waals surface area (Å²) in [5, 5.41) is 2.82. The minimum absolute atomic E-state index is 0.0519. The van der Waals surface area contributed by atoms with Crippen molar-refractivity contribution in [2.75, 3.05) is 18.9 Å². The molecule has 0 radical (unpaired) electrons. The van der Waals surface area contributed by atoms with Crippen molar-refractivity contribution in [1.29, 1.82) is 0 Å². The van der Waals surface area contributed by atoms with Gasteiger partial charge in [0.2, 0.25) is 5.91 Å². The van der Waals surface area contributed by atoms with Crippen molar-refractivity contribution in [3.8, 4) is 0 Å². The van der Waals surface area contributed by atoms with Crippen LogP contribution in [0.5, 0.6) is 0 Å². The van der Waals surface area contributed by atoms with Gasteiger partial charge in [-0.25, -0.2) is 0 Å². The number of nitrogens with one attached hydrogen (secondary N) is 1. The number of nitrogens with zero attached hydrogens (tertiary/aromatic N) is 1. The number of hydrogen-bond acceptors (Lipinski definition) is 3. The predicted octanol–water partition coefficient (Wildman–Crippen LogP) is 4.12. The molecule has 0 saturated heterocycles. The normalized spacial score (nSPS) is 14.1. The number of aryl methyl sites for hydroxylation is 2. The largest absolute Gasteiger partial charge is 0.332 e. The van der Waals surface area contributed by atoms with Gasteiger partial charge in [0.25, 0.3) is 5.91 Å². The highest BCUT2D eigenvalue weighted by Gasteiger charge is 2.20. The van der Waals surface area contributed by atoms with E-state index in [4.69, 9.17) is 0 Å². The van der Waals surface area contributed by atoms with E-state index in [0.717, 1.165) is 23.4 Å². The molecule has 1 heterocycles. The van der Waals surface area contributed by atoms with E-state index in [9.17, 15) is 9.59 Å². The zero-order valence-corrected chi connectivity index (χ0v) is 15.4. The van der Waals surface area contributed by atoms with Gasteiger partial charge in [-0.05, 0) is 49.4 Å². The van der Waals surface area contributed by atoms with Gasteiger partial charge in [0, 0.05) is 17.6 Å². The predicted molar refractivity (Wildman–Crippen MR) is 102 cm³/mol. The van der Waals surface area contributed by atoms with Crippen molar-refractivity contribution in [2.24, 2.45) is 0 Å². The molecule has 0 spiro atoms. The molecule has 1 aliphatic carbocycles. The summed E-state index contributed by atoms with van der Waals surface area (Å²) in [7, 11) is 1.68. The van der Waals surface area contributed by atoms with Gasteiger partial charge in [0.1, 0.15) is 0 Å². The van der Waals surface area contributed by atoms with Gasteiger partial charge in [0.05, 0.1) is 11.4 Å². The number of para-hydroxylation sites is 1. The van der Waals surface area contributed by atoms with Crippen LogP contribution in [0.2, 0.25) is 0 Å². The fourth-order valence-electron chi connectivity index (χ4n) is 3.15. The third-order valence-corrected chi connectivity index (χ3v) is 5.72. The molecule has 0 atom stereocenters. The minimum Gasteiger partial charge on any atom is -0.332 e. The Bertz CT molecular complexity index is 714. The SMILES string of the molecule is CN(CC(=O)Nc1ccccc1)C(=O)c1cc2c(s1)CCCCCC2. The second kappa shape index (κ2) is 8.30. The molecule has 1 N–H and O–H groups in total. The van der Waals surface area contributed by atoms with Crippen LogP contribution in [0.15, 0.2) is 36.4 Å². The van der Waals surface area contributed by atoms with Crippen molar-refractivity contribution in [3.05, 3.63) is 51.7 Å². The number of anilines is 1. The molecule has 1 aromatic heterocycles. The molecule has 0 unspecified atom stereocenters. The summed E-state index contributed by atoms with van der Waals surface area (Å²) in [6, 6.07) is 11.3. The summed E-state index contributed by atoms with van der Waals surface area (Å²) in [4.78, 5) is 28.4. The molecule has 3 rings (SSSR count). The molecule has 2 amide bonds. The van der Waals surface area contributed by atoms with Crippen LogP contribution in [-0.4, -0.2) is 30.3 Å². The highest BCUT2D eigenvalue weighted by atomic mass is 32.1. The number of rotatable bonds is 4. The Morgan fingerprint density at radius 3 is 2.56 bits per heavy atom. The maximum absolute atomic E-state index is 12.7. The number of hydrogen-bond donors (Lipinski definition) is 1. The molecular weight excluding hydrogens is 332 g/mol. The van der Waals surface area contributed by atoms with Crippen molar-refractivity contribution >= 4 is 28.8 Å². The van der Waals surface area contributed by atoms with Crippen molar-refractivity contribution < 1.29 is 9.59 Å². The molecular formula is C20H24N2O2S. The number of benzene rings is 1. The molecule has 132 valence electrons. The molecule has 25 heavy (non-hydrogen) atoms. The minimum atomic E-state index is -0.183. The Morgan fingerprint density at radius 1 is 1.08 bits per heavy atom. The average Bonchev–Trinajstić information content (AvgIpc) is 2.97. The Kier molecular flexibility index (Phi) is 5.87. The summed E-state index contributed by atoms with van der Waals surface area (Å²) in [6.07, 6.45) is 7.10. The van der Waals surface area contributed by atoms with E-state index in [1.807, 2.05) is 36.4 Å². The third-order valence-electron chi connectivity index (χ3n) is 4.49. The van der Waals surface area contributed by atoms with Crippen molar-refractivity contribution in [2.45, 2.75) is 38.5 Å². The second-order valence-electron chi connectivity index (χ2n) is 6.55. The van der Waals surface area contributed by atoms with Gasteiger partial charge < -0.3 is 10.2 Å². The maximum atomic E-state index is 12.7. The van der Waals surface area contributed by atoms with E-state index in [0.29, 0.717) is 0 Å². The number of carbonyl (C=O) groups is 2. The number of carbonyl (C=O) groups excluding carboxylic acids is 2. The van der Waals surface area contributed by atoms with Crippen LogP contribution in [0.25, 0.3) is 0 Å². The molecule has 0 saturated carbocycles. The molecule has 0 fully saturated rings. The van der Waals surface area contributed by atoms with Crippen LogP contribution in [0.1, 0.15) is 45.8 Å². The first kappa shape index (κ1) is 17.7. The molecule has 1 aromatic carbocycles. The number of thiophene rings is 1. The topological polar surface area (TPSA) is 49.4 Å². The second-order valence-corrected chi connectivity index (χ2v) is 7.69. The highest BCUT2D eigenvalue weighted by Crippen LogP contribution is 2.29. The summed E-state index contributed by atoms with van der Waals surface area (Å²) < 4.78 is 0. The Morgan fingerprint density at radius 2 is 1.80 bits per heavy atom. The first-order chi connectivity index (χ1) is 12.1. The molecule has 1 aliphatic rings. The zero-order chi connectivity index (χ0) is 17.6. The number of amides is 2.